The second-order valence-electron chi connectivity index (χ2n) is 7.70. The van der Waals surface area contributed by atoms with Crippen LogP contribution < -0.4 is 20.7 Å². The molecule has 9 nitrogen and oxygen atoms in total. The van der Waals surface area contributed by atoms with E-state index in [-0.39, 0.29) is 11.4 Å². The fraction of sp³-hybridized carbons (Fsp3) is 0.111. The fourth-order valence-electron chi connectivity index (χ4n) is 3.41. The van der Waals surface area contributed by atoms with Crippen LogP contribution in [0.15, 0.2) is 102 Å². The molecule has 0 bridgehead atoms. The van der Waals surface area contributed by atoms with Crippen molar-refractivity contribution in [2.75, 3.05) is 18.7 Å². The monoisotopic (exact) mass is 484 g/mol. The fourth-order valence-corrected chi connectivity index (χ4v) is 3.41. The first-order valence-electron chi connectivity index (χ1n) is 11.2. The van der Waals surface area contributed by atoms with Crippen LogP contribution in [0.3, 0.4) is 0 Å². The van der Waals surface area contributed by atoms with Crippen LogP contribution in [-0.4, -0.2) is 37.1 Å². The first kappa shape index (κ1) is 24.4. The van der Waals surface area contributed by atoms with E-state index in [1.165, 1.54) is 11.1 Å². The number of ether oxygens (including phenoxy) is 1. The lowest BCUT2D eigenvalue weighted by atomic mass is 10.1. The molecule has 0 radical (unpaired) electrons. The second-order valence-corrected chi connectivity index (χ2v) is 7.70. The van der Waals surface area contributed by atoms with Gasteiger partial charge in [-0.15, -0.1) is 0 Å². The minimum atomic E-state index is -0.734. The van der Waals surface area contributed by atoms with Crippen molar-refractivity contribution < 1.29 is 24.0 Å². The van der Waals surface area contributed by atoms with E-state index in [4.69, 9.17) is 9.57 Å². The van der Waals surface area contributed by atoms with Gasteiger partial charge in [-0.2, -0.15) is 0 Å². The zero-order valence-electron chi connectivity index (χ0n) is 19.5. The van der Waals surface area contributed by atoms with Crippen LogP contribution in [0.25, 0.3) is 0 Å². The Morgan fingerprint density at radius 1 is 1.00 bits per heavy atom. The van der Waals surface area contributed by atoms with Gasteiger partial charge in [0.25, 0.3) is 11.8 Å². The Kier molecular flexibility index (Phi) is 7.84. The minimum absolute atomic E-state index is 0.0158. The summed E-state index contributed by atoms with van der Waals surface area (Å²) in [5.41, 5.74) is 4.16. The third kappa shape index (κ3) is 6.02. The molecule has 1 saturated heterocycles. The molecule has 3 aromatic rings. The molecule has 0 atom stereocenters. The largest absolute Gasteiger partial charge is 0.497 e. The van der Waals surface area contributed by atoms with Crippen molar-refractivity contribution in [3.05, 3.63) is 108 Å². The van der Waals surface area contributed by atoms with Crippen molar-refractivity contribution in [3.8, 4) is 5.75 Å². The van der Waals surface area contributed by atoms with Crippen LogP contribution in [-0.2, 0) is 20.8 Å². The summed E-state index contributed by atoms with van der Waals surface area (Å²) in [6, 6.07) is 24.8. The summed E-state index contributed by atoms with van der Waals surface area (Å²) < 4.78 is 5.17. The Morgan fingerprint density at radius 2 is 1.67 bits per heavy atom. The minimum Gasteiger partial charge on any atom is -0.497 e. The number of methoxy groups -OCH3 is 1. The lowest BCUT2D eigenvalue weighted by Crippen LogP contribution is -2.34. The summed E-state index contributed by atoms with van der Waals surface area (Å²) in [6.07, 6.45) is 1.82. The summed E-state index contributed by atoms with van der Waals surface area (Å²) in [6.45, 7) is 0.315. The number of amides is 2. The van der Waals surface area contributed by atoms with Crippen LogP contribution in [0.5, 0.6) is 5.75 Å². The van der Waals surface area contributed by atoms with E-state index in [2.05, 4.69) is 15.9 Å². The highest BCUT2D eigenvalue weighted by Crippen LogP contribution is 2.24. The molecule has 0 aromatic heterocycles. The SMILES string of the molecule is COc1ccc(N2NOC(=O)/C2=C\C(=NC(=O)c2ccccc2)C(=O)NCCc2ccccc2)cc1. The van der Waals surface area contributed by atoms with Crippen molar-refractivity contribution in [2.45, 2.75) is 6.42 Å². The molecular weight excluding hydrogens is 460 g/mol. The summed E-state index contributed by atoms with van der Waals surface area (Å²) in [4.78, 5) is 47.4. The average Bonchev–Trinajstić information content (AvgIpc) is 3.29. The highest BCUT2D eigenvalue weighted by Gasteiger charge is 2.30. The topological polar surface area (TPSA) is 109 Å². The van der Waals surface area contributed by atoms with Gasteiger partial charge in [0.1, 0.15) is 11.5 Å². The normalized spacial score (nSPS) is 14.5. The van der Waals surface area contributed by atoms with Crippen LogP contribution in [0.4, 0.5) is 5.69 Å². The van der Waals surface area contributed by atoms with Gasteiger partial charge in [0, 0.05) is 18.2 Å². The van der Waals surface area contributed by atoms with Crippen LogP contribution in [0.2, 0.25) is 0 Å². The number of rotatable bonds is 8. The Balaban J connectivity index is 1.61. The van der Waals surface area contributed by atoms with Crippen LogP contribution >= 0.6 is 0 Å². The van der Waals surface area contributed by atoms with Crippen molar-refractivity contribution in [1.82, 2.24) is 10.9 Å². The van der Waals surface area contributed by atoms with Crippen LogP contribution in [0, 0.1) is 0 Å². The van der Waals surface area contributed by atoms with Gasteiger partial charge >= 0.3 is 5.97 Å². The van der Waals surface area contributed by atoms with E-state index in [1.807, 2.05) is 30.3 Å². The van der Waals surface area contributed by atoms with Crippen molar-refractivity contribution in [1.29, 1.82) is 0 Å². The maximum atomic E-state index is 13.1. The molecule has 1 fully saturated rings. The molecule has 36 heavy (non-hydrogen) atoms. The molecule has 2 amide bonds. The van der Waals surface area contributed by atoms with E-state index in [1.54, 1.807) is 61.7 Å². The number of hydrazine groups is 1. The highest BCUT2D eigenvalue weighted by molar-refractivity contribution is 6.45. The zero-order valence-corrected chi connectivity index (χ0v) is 19.5. The standard InChI is InChI=1S/C27H24N4O5/c1-35-22-14-12-21(13-15-22)31-24(27(34)36-30-31)18-23(29-25(32)20-10-6-3-7-11-20)26(33)28-17-16-19-8-4-2-5-9-19/h2-15,18,30H,16-17H2,1H3,(H,28,33)/b24-18+,29-23?. The molecule has 2 N–H and O–H groups in total. The summed E-state index contributed by atoms with van der Waals surface area (Å²) in [5, 5.41) is 4.12. The third-order valence-electron chi connectivity index (χ3n) is 5.30. The number of anilines is 1. The number of carbonyl (C=O) groups excluding carboxylic acids is 3. The van der Waals surface area contributed by atoms with E-state index >= 15 is 0 Å². The van der Waals surface area contributed by atoms with Gasteiger partial charge in [0.2, 0.25) is 0 Å². The van der Waals surface area contributed by atoms with Crippen molar-refractivity contribution >= 4 is 29.2 Å². The van der Waals surface area contributed by atoms with Gasteiger partial charge in [-0.1, -0.05) is 54.1 Å². The average molecular weight is 485 g/mol. The van der Waals surface area contributed by atoms with E-state index in [0.29, 0.717) is 30.0 Å². The van der Waals surface area contributed by atoms with E-state index < -0.39 is 17.8 Å². The number of hydrogen-bond donors (Lipinski definition) is 2. The number of carbonyl (C=O) groups is 3. The Hall–Kier alpha value is -4.76. The van der Waals surface area contributed by atoms with Gasteiger partial charge < -0.3 is 14.9 Å². The first-order chi connectivity index (χ1) is 17.5. The molecule has 1 aliphatic heterocycles. The molecule has 1 heterocycles. The van der Waals surface area contributed by atoms with Gasteiger partial charge in [0.15, 0.2) is 5.70 Å². The number of nitrogens with zero attached hydrogens (tertiary/aromatic N) is 2. The second kappa shape index (κ2) is 11.6. The smallest absolute Gasteiger partial charge is 0.376 e. The third-order valence-corrected chi connectivity index (χ3v) is 5.30. The van der Waals surface area contributed by atoms with Gasteiger partial charge in [-0.05, 0) is 48.4 Å². The van der Waals surface area contributed by atoms with Crippen molar-refractivity contribution in [2.24, 2.45) is 4.99 Å². The number of aliphatic imine (C=N–C) groups is 1. The summed E-state index contributed by atoms with van der Waals surface area (Å²) >= 11 is 0. The number of benzene rings is 3. The lowest BCUT2D eigenvalue weighted by Gasteiger charge is -2.16. The van der Waals surface area contributed by atoms with Gasteiger partial charge in [-0.3, -0.25) is 9.59 Å². The molecule has 4 rings (SSSR count). The molecule has 0 unspecified atom stereocenters. The molecule has 1 aliphatic rings. The number of hydrogen-bond acceptors (Lipinski definition) is 7. The molecular formula is C27H24N4O5. The zero-order chi connectivity index (χ0) is 25.3. The molecule has 0 spiro atoms. The predicted molar refractivity (Wildman–Crippen MR) is 134 cm³/mol. The van der Waals surface area contributed by atoms with E-state index in [9.17, 15) is 14.4 Å². The summed E-state index contributed by atoms with van der Waals surface area (Å²) in [7, 11) is 1.55. The molecule has 3 aromatic carbocycles. The van der Waals surface area contributed by atoms with Crippen LogP contribution in [0.1, 0.15) is 15.9 Å². The molecule has 0 aliphatic carbocycles. The molecule has 0 saturated carbocycles. The molecule has 9 heteroatoms. The van der Waals surface area contributed by atoms with Gasteiger partial charge in [-0.25, -0.2) is 14.8 Å². The predicted octanol–water partition coefficient (Wildman–Crippen LogP) is 3.00. The number of nitrogens with one attached hydrogen (secondary N) is 2. The highest BCUT2D eigenvalue weighted by atomic mass is 16.7. The first-order valence-corrected chi connectivity index (χ1v) is 11.2. The Bertz CT molecular complexity index is 1290. The maximum absolute atomic E-state index is 13.1. The quantitative estimate of drug-likeness (QED) is 0.374. The lowest BCUT2D eigenvalue weighted by molar-refractivity contribution is -0.140. The maximum Gasteiger partial charge on any atom is 0.376 e. The van der Waals surface area contributed by atoms with Crippen molar-refractivity contribution in [3.63, 3.8) is 0 Å². The Morgan fingerprint density at radius 3 is 2.33 bits per heavy atom. The van der Waals surface area contributed by atoms with E-state index in [0.717, 1.165) is 5.56 Å². The summed E-state index contributed by atoms with van der Waals surface area (Å²) in [5.74, 6) is -1.32. The molecule has 182 valence electrons. The Labute approximate surface area is 208 Å². The van der Waals surface area contributed by atoms with Gasteiger partial charge in [0.05, 0.1) is 12.8 Å².